The number of alkyl carbamates (subject to hydrolysis) is 1. The van der Waals surface area contributed by atoms with E-state index in [0.717, 1.165) is 18.7 Å². The van der Waals surface area contributed by atoms with Crippen LogP contribution >= 0.6 is 0 Å². The molecule has 1 N–H and O–H groups in total. The van der Waals surface area contributed by atoms with Crippen molar-refractivity contribution < 1.29 is 9.53 Å². The quantitative estimate of drug-likeness (QED) is 0.897. The van der Waals surface area contributed by atoms with Gasteiger partial charge >= 0.3 is 6.09 Å². The molecule has 0 saturated heterocycles. The second kappa shape index (κ2) is 6.56. The van der Waals surface area contributed by atoms with Gasteiger partial charge in [-0.15, -0.1) is 0 Å². The van der Waals surface area contributed by atoms with E-state index in [9.17, 15) is 4.79 Å². The first kappa shape index (κ1) is 16.4. The molecule has 1 atom stereocenters. The molecule has 4 nitrogen and oxygen atoms in total. The van der Waals surface area contributed by atoms with Gasteiger partial charge in [0.2, 0.25) is 0 Å². The third kappa shape index (κ3) is 3.88. The minimum Gasteiger partial charge on any atom is -0.444 e. The molecule has 1 aliphatic heterocycles. The summed E-state index contributed by atoms with van der Waals surface area (Å²) in [5.74, 6) is 0. The standard InChI is InChI=1S/C20H24N2O2/c1-20(2,3)24-19(23)21-16-13-15-9-7-8-12-18(15)22(14-16)17-10-5-4-6-11-17/h4-12,16H,13-14H2,1-3H3,(H,21,23). The van der Waals surface area contributed by atoms with Gasteiger partial charge in [0, 0.05) is 17.9 Å². The lowest BCUT2D eigenvalue weighted by Gasteiger charge is -2.36. The van der Waals surface area contributed by atoms with Gasteiger partial charge in [0.15, 0.2) is 0 Å². The molecule has 126 valence electrons. The number of nitrogens with zero attached hydrogens (tertiary/aromatic N) is 1. The molecule has 1 unspecified atom stereocenters. The van der Waals surface area contributed by atoms with Crippen molar-refractivity contribution in [2.24, 2.45) is 0 Å². The van der Waals surface area contributed by atoms with Crippen LogP contribution in [0.3, 0.4) is 0 Å². The fourth-order valence-electron chi connectivity index (χ4n) is 3.02. The summed E-state index contributed by atoms with van der Waals surface area (Å²) in [4.78, 5) is 14.4. The Morgan fingerprint density at radius 1 is 1.08 bits per heavy atom. The van der Waals surface area contributed by atoms with E-state index in [1.807, 2.05) is 45.0 Å². The molecule has 1 heterocycles. The molecule has 0 radical (unpaired) electrons. The number of nitrogens with one attached hydrogen (secondary N) is 1. The summed E-state index contributed by atoms with van der Waals surface area (Å²) in [5, 5.41) is 3.01. The highest BCUT2D eigenvalue weighted by Crippen LogP contribution is 2.33. The van der Waals surface area contributed by atoms with E-state index >= 15 is 0 Å². The zero-order chi connectivity index (χ0) is 17.2. The second-order valence-electron chi connectivity index (χ2n) is 7.12. The van der Waals surface area contributed by atoms with E-state index in [2.05, 4.69) is 40.5 Å². The van der Waals surface area contributed by atoms with Crippen molar-refractivity contribution >= 4 is 17.5 Å². The maximum absolute atomic E-state index is 12.1. The number of amides is 1. The predicted octanol–water partition coefficient (Wildman–Crippen LogP) is 4.27. The maximum Gasteiger partial charge on any atom is 0.407 e. The van der Waals surface area contributed by atoms with Crippen molar-refractivity contribution in [1.29, 1.82) is 0 Å². The molecule has 0 fully saturated rings. The number of hydrogen-bond donors (Lipinski definition) is 1. The third-order valence-electron chi connectivity index (χ3n) is 3.94. The topological polar surface area (TPSA) is 41.6 Å². The van der Waals surface area contributed by atoms with Crippen LogP contribution in [-0.2, 0) is 11.2 Å². The summed E-state index contributed by atoms with van der Waals surface area (Å²) in [6, 6.07) is 18.6. The highest BCUT2D eigenvalue weighted by molar-refractivity contribution is 5.71. The molecule has 0 saturated carbocycles. The summed E-state index contributed by atoms with van der Waals surface area (Å²) in [6.07, 6.45) is 0.443. The highest BCUT2D eigenvalue weighted by Gasteiger charge is 2.27. The largest absolute Gasteiger partial charge is 0.444 e. The van der Waals surface area contributed by atoms with Crippen LogP contribution < -0.4 is 10.2 Å². The van der Waals surface area contributed by atoms with Crippen molar-refractivity contribution in [2.75, 3.05) is 11.4 Å². The zero-order valence-electron chi connectivity index (χ0n) is 14.5. The summed E-state index contributed by atoms with van der Waals surface area (Å²) in [5.41, 5.74) is 3.07. The zero-order valence-corrected chi connectivity index (χ0v) is 14.5. The molecule has 0 aliphatic carbocycles. The van der Waals surface area contributed by atoms with Crippen LogP contribution in [0.25, 0.3) is 0 Å². The number of para-hydroxylation sites is 2. The van der Waals surface area contributed by atoms with Crippen molar-refractivity contribution in [2.45, 2.75) is 38.8 Å². The Hall–Kier alpha value is -2.49. The fourth-order valence-corrected chi connectivity index (χ4v) is 3.02. The number of carbonyl (C=O) groups excluding carboxylic acids is 1. The normalized spacial score (nSPS) is 17.1. The molecule has 0 bridgehead atoms. The van der Waals surface area contributed by atoms with Crippen molar-refractivity contribution in [3.8, 4) is 0 Å². The first-order chi connectivity index (χ1) is 11.4. The minimum atomic E-state index is -0.490. The van der Waals surface area contributed by atoms with Crippen molar-refractivity contribution in [3.05, 3.63) is 60.2 Å². The van der Waals surface area contributed by atoms with Gasteiger partial charge in [-0.3, -0.25) is 0 Å². The van der Waals surface area contributed by atoms with Gasteiger partial charge in [0.25, 0.3) is 0 Å². The first-order valence-electron chi connectivity index (χ1n) is 8.32. The Morgan fingerprint density at radius 3 is 2.46 bits per heavy atom. The molecular formula is C20H24N2O2. The molecule has 4 heteroatoms. The Bertz CT molecular complexity index is 707. The van der Waals surface area contributed by atoms with Crippen LogP contribution in [0.1, 0.15) is 26.3 Å². The second-order valence-corrected chi connectivity index (χ2v) is 7.12. The van der Waals surface area contributed by atoms with E-state index in [1.165, 1.54) is 11.3 Å². The van der Waals surface area contributed by atoms with Crippen LogP contribution in [0.5, 0.6) is 0 Å². The van der Waals surface area contributed by atoms with E-state index in [4.69, 9.17) is 4.74 Å². The van der Waals surface area contributed by atoms with Gasteiger partial charge in [-0.25, -0.2) is 4.79 Å². The molecule has 3 rings (SSSR count). The molecule has 0 spiro atoms. The lowest BCUT2D eigenvalue weighted by atomic mass is 9.97. The van der Waals surface area contributed by atoms with E-state index in [0.29, 0.717) is 0 Å². The van der Waals surface area contributed by atoms with Crippen LogP contribution in [-0.4, -0.2) is 24.3 Å². The molecule has 2 aromatic carbocycles. The van der Waals surface area contributed by atoms with Gasteiger partial charge in [-0.1, -0.05) is 36.4 Å². The SMILES string of the molecule is CC(C)(C)OC(=O)NC1Cc2ccccc2N(c2ccccc2)C1. The first-order valence-corrected chi connectivity index (χ1v) is 8.32. The van der Waals surface area contributed by atoms with Gasteiger partial charge in [0.05, 0.1) is 6.04 Å². The third-order valence-corrected chi connectivity index (χ3v) is 3.94. The molecule has 2 aromatic rings. The summed E-state index contributed by atoms with van der Waals surface area (Å²) < 4.78 is 5.40. The fraction of sp³-hybridized carbons (Fsp3) is 0.350. The lowest BCUT2D eigenvalue weighted by molar-refractivity contribution is 0.0505. The van der Waals surface area contributed by atoms with Gasteiger partial charge in [0.1, 0.15) is 5.60 Å². The molecule has 24 heavy (non-hydrogen) atoms. The number of anilines is 2. The molecule has 0 aromatic heterocycles. The molecular weight excluding hydrogens is 300 g/mol. The monoisotopic (exact) mass is 324 g/mol. The van der Waals surface area contributed by atoms with Gasteiger partial charge in [-0.05, 0) is 51.0 Å². The Kier molecular flexibility index (Phi) is 4.47. The van der Waals surface area contributed by atoms with Gasteiger partial charge < -0.3 is 15.0 Å². The Labute approximate surface area is 143 Å². The van der Waals surface area contributed by atoms with Crippen LogP contribution in [0, 0.1) is 0 Å². The smallest absolute Gasteiger partial charge is 0.407 e. The summed E-state index contributed by atoms with van der Waals surface area (Å²) in [7, 11) is 0. The Morgan fingerprint density at radius 2 is 1.75 bits per heavy atom. The van der Waals surface area contributed by atoms with Crippen LogP contribution in [0.2, 0.25) is 0 Å². The van der Waals surface area contributed by atoms with Gasteiger partial charge in [-0.2, -0.15) is 0 Å². The molecule has 1 amide bonds. The molecule has 1 aliphatic rings. The number of carbonyl (C=O) groups is 1. The predicted molar refractivity (Wildman–Crippen MR) is 96.8 cm³/mol. The minimum absolute atomic E-state index is 0.00922. The van der Waals surface area contributed by atoms with Crippen molar-refractivity contribution in [3.63, 3.8) is 0 Å². The Balaban J connectivity index is 1.82. The van der Waals surface area contributed by atoms with Crippen molar-refractivity contribution in [1.82, 2.24) is 5.32 Å². The van der Waals surface area contributed by atoms with E-state index < -0.39 is 5.60 Å². The number of rotatable bonds is 2. The summed E-state index contributed by atoms with van der Waals surface area (Å²) >= 11 is 0. The summed E-state index contributed by atoms with van der Waals surface area (Å²) in [6.45, 7) is 6.34. The van der Waals surface area contributed by atoms with E-state index in [-0.39, 0.29) is 12.1 Å². The average Bonchev–Trinajstić information content (AvgIpc) is 2.53. The van der Waals surface area contributed by atoms with Crippen LogP contribution in [0.15, 0.2) is 54.6 Å². The van der Waals surface area contributed by atoms with Crippen LogP contribution in [0.4, 0.5) is 16.2 Å². The number of hydrogen-bond acceptors (Lipinski definition) is 3. The average molecular weight is 324 g/mol. The lowest BCUT2D eigenvalue weighted by Crippen LogP contribution is -2.48. The van der Waals surface area contributed by atoms with E-state index in [1.54, 1.807) is 0 Å². The maximum atomic E-state index is 12.1. The number of benzene rings is 2. The number of fused-ring (bicyclic) bond motifs is 1. The highest BCUT2D eigenvalue weighted by atomic mass is 16.6. The number of ether oxygens (including phenoxy) is 1.